The fourth-order valence-corrected chi connectivity index (χ4v) is 1.66. The number of hydrogen-bond acceptors (Lipinski definition) is 3. The number of nitrogens with zero attached hydrogens (tertiary/aromatic N) is 2. The molecule has 1 unspecified atom stereocenters. The maximum atomic E-state index is 5.10. The molecule has 1 atom stereocenters. The molecule has 0 bridgehead atoms. The maximum absolute atomic E-state index is 5.10. The molecule has 0 amide bonds. The summed E-state index contributed by atoms with van der Waals surface area (Å²) in [5.41, 5.74) is 1.10. The van der Waals surface area contributed by atoms with Gasteiger partial charge in [-0.15, -0.1) is 0 Å². The van der Waals surface area contributed by atoms with Gasteiger partial charge in [0, 0.05) is 25.0 Å². The highest BCUT2D eigenvalue weighted by Crippen LogP contribution is 2.20. The minimum Gasteiger partial charge on any atom is -0.472 e. The molecule has 2 heterocycles. The molecule has 0 aliphatic carbocycles. The first kappa shape index (κ1) is 9.98. The molecule has 0 aliphatic heterocycles. The minimum atomic E-state index is 0.105. The Morgan fingerprint density at radius 1 is 1.60 bits per heavy atom. The summed E-state index contributed by atoms with van der Waals surface area (Å²) in [6, 6.07) is 2.07. The number of imidazole rings is 1. The van der Waals surface area contributed by atoms with E-state index in [2.05, 4.69) is 17.2 Å². The summed E-state index contributed by atoms with van der Waals surface area (Å²) in [5.74, 6) is 0.998. The van der Waals surface area contributed by atoms with E-state index < -0.39 is 0 Å². The van der Waals surface area contributed by atoms with Gasteiger partial charge in [-0.3, -0.25) is 0 Å². The third kappa shape index (κ3) is 1.94. The number of furan rings is 1. The second kappa shape index (κ2) is 4.31. The second-order valence-corrected chi connectivity index (χ2v) is 3.44. The smallest absolute Gasteiger partial charge is 0.130 e. The van der Waals surface area contributed by atoms with Crippen LogP contribution in [0.5, 0.6) is 0 Å². The van der Waals surface area contributed by atoms with Gasteiger partial charge in [-0.1, -0.05) is 6.92 Å². The third-order valence-electron chi connectivity index (χ3n) is 2.40. The van der Waals surface area contributed by atoms with Crippen molar-refractivity contribution in [3.63, 3.8) is 0 Å². The van der Waals surface area contributed by atoms with Crippen molar-refractivity contribution in [1.82, 2.24) is 14.9 Å². The largest absolute Gasteiger partial charge is 0.472 e. The van der Waals surface area contributed by atoms with Gasteiger partial charge in [0.2, 0.25) is 0 Å². The highest BCUT2D eigenvalue weighted by atomic mass is 16.3. The molecule has 0 radical (unpaired) electrons. The van der Waals surface area contributed by atoms with Crippen LogP contribution in [0.4, 0.5) is 0 Å². The van der Waals surface area contributed by atoms with E-state index in [1.54, 1.807) is 18.7 Å². The third-order valence-corrected chi connectivity index (χ3v) is 2.40. The van der Waals surface area contributed by atoms with Gasteiger partial charge in [0.05, 0.1) is 18.6 Å². The summed E-state index contributed by atoms with van der Waals surface area (Å²) in [6.07, 6.45) is 7.18. The van der Waals surface area contributed by atoms with E-state index >= 15 is 0 Å². The van der Waals surface area contributed by atoms with Gasteiger partial charge in [0.1, 0.15) is 5.82 Å². The standard InChI is InChI=1S/C11H15N3O/c1-3-12-10(9-4-7-15-8-9)11-13-5-6-14(11)2/h4-8,10,12H,3H2,1-2H3. The Bertz CT molecular complexity index is 405. The van der Waals surface area contributed by atoms with E-state index in [9.17, 15) is 0 Å². The Hall–Kier alpha value is -1.55. The van der Waals surface area contributed by atoms with Gasteiger partial charge in [-0.2, -0.15) is 0 Å². The molecule has 0 saturated carbocycles. The molecule has 0 fully saturated rings. The fourth-order valence-electron chi connectivity index (χ4n) is 1.66. The number of hydrogen-bond donors (Lipinski definition) is 1. The summed E-state index contributed by atoms with van der Waals surface area (Å²) in [6.45, 7) is 2.97. The first-order valence-electron chi connectivity index (χ1n) is 5.05. The van der Waals surface area contributed by atoms with Crippen LogP contribution in [-0.4, -0.2) is 16.1 Å². The van der Waals surface area contributed by atoms with E-state index in [4.69, 9.17) is 4.42 Å². The molecule has 4 heteroatoms. The summed E-state index contributed by atoms with van der Waals surface area (Å²) in [5, 5.41) is 3.38. The van der Waals surface area contributed by atoms with E-state index in [1.165, 1.54) is 0 Å². The molecule has 0 aliphatic rings. The lowest BCUT2D eigenvalue weighted by atomic mass is 10.1. The maximum Gasteiger partial charge on any atom is 0.130 e. The van der Waals surface area contributed by atoms with Crippen molar-refractivity contribution in [3.8, 4) is 0 Å². The summed E-state index contributed by atoms with van der Waals surface area (Å²) in [7, 11) is 1.99. The molecule has 80 valence electrons. The van der Waals surface area contributed by atoms with Gasteiger partial charge < -0.3 is 14.3 Å². The zero-order valence-corrected chi connectivity index (χ0v) is 8.97. The van der Waals surface area contributed by atoms with Crippen LogP contribution in [-0.2, 0) is 7.05 Å². The topological polar surface area (TPSA) is 43.0 Å². The number of rotatable bonds is 4. The first-order valence-corrected chi connectivity index (χ1v) is 5.05. The van der Waals surface area contributed by atoms with Crippen LogP contribution in [0.15, 0.2) is 35.4 Å². The van der Waals surface area contributed by atoms with Crippen molar-refractivity contribution >= 4 is 0 Å². The van der Waals surface area contributed by atoms with Crippen LogP contribution in [0.1, 0.15) is 24.4 Å². The summed E-state index contributed by atoms with van der Waals surface area (Å²) < 4.78 is 7.12. The van der Waals surface area contributed by atoms with Crippen LogP contribution < -0.4 is 5.32 Å². The van der Waals surface area contributed by atoms with Crippen molar-refractivity contribution in [3.05, 3.63) is 42.4 Å². The van der Waals surface area contributed by atoms with Crippen LogP contribution >= 0.6 is 0 Å². The van der Waals surface area contributed by atoms with E-state index in [0.717, 1.165) is 17.9 Å². The van der Waals surface area contributed by atoms with Crippen LogP contribution in [0, 0.1) is 0 Å². The molecule has 2 aromatic rings. The number of aromatic nitrogens is 2. The minimum absolute atomic E-state index is 0.105. The Balaban J connectivity index is 2.32. The summed E-state index contributed by atoms with van der Waals surface area (Å²) in [4.78, 5) is 4.35. The number of nitrogens with one attached hydrogen (secondary N) is 1. The van der Waals surface area contributed by atoms with Crippen LogP contribution in [0.25, 0.3) is 0 Å². The molecule has 0 aromatic carbocycles. The quantitative estimate of drug-likeness (QED) is 0.826. The predicted octanol–water partition coefficient (Wildman–Crippen LogP) is 1.71. The lowest BCUT2D eigenvalue weighted by molar-refractivity contribution is 0.540. The highest BCUT2D eigenvalue weighted by molar-refractivity contribution is 5.20. The van der Waals surface area contributed by atoms with Crippen molar-refractivity contribution in [1.29, 1.82) is 0 Å². The SMILES string of the molecule is CCNC(c1ccoc1)c1nccn1C. The molecular weight excluding hydrogens is 190 g/mol. The van der Waals surface area contributed by atoms with Gasteiger partial charge in [0.15, 0.2) is 0 Å². The van der Waals surface area contributed by atoms with E-state index in [1.807, 2.05) is 23.9 Å². The molecule has 2 rings (SSSR count). The molecular formula is C11H15N3O. The molecule has 0 saturated heterocycles. The zero-order valence-electron chi connectivity index (χ0n) is 8.97. The Morgan fingerprint density at radius 3 is 3.00 bits per heavy atom. The van der Waals surface area contributed by atoms with Gasteiger partial charge in [-0.05, 0) is 12.6 Å². The molecule has 1 N–H and O–H groups in total. The average Bonchev–Trinajstić information content (AvgIpc) is 2.85. The molecule has 15 heavy (non-hydrogen) atoms. The van der Waals surface area contributed by atoms with Gasteiger partial charge in [0.25, 0.3) is 0 Å². The lowest BCUT2D eigenvalue weighted by Crippen LogP contribution is -2.24. The Morgan fingerprint density at radius 2 is 2.47 bits per heavy atom. The Kier molecular flexibility index (Phi) is 2.87. The second-order valence-electron chi connectivity index (χ2n) is 3.44. The monoisotopic (exact) mass is 205 g/mol. The van der Waals surface area contributed by atoms with Crippen molar-refractivity contribution in [2.45, 2.75) is 13.0 Å². The Labute approximate surface area is 88.9 Å². The van der Waals surface area contributed by atoms with Gasteiger partial charge >= 0.3 is 0 Å². The summed E-state index contributed by atoms with van der Waals surface area (Å²) >= 11 is 0. The van der Waals surface area contributed by atoms with Crippen LogP contribution in [0.2, 0.25) is 0 Å². The van der Waals surface area contributed by atoms with Gasteiger partial charge in [-0.25, -0.2) is 4.98 Å². The predicted molar refractivity (Wildman–Crippen MR) is 57.4 cm³/mol. The lowest BCUT2D eigenvalue weighted by Gasteiger charge is -2.15. The average molecular weight is 205 g/mol. The highest BCUT2D eigenvalue weighted by Gasteiger charge is 2.17. The van der Waals surface area contributed by atoms with Crippen LogP contribution in [0.3, 0.4) is 0 Å². The van der Waals surface area contributed by atoms with E-state index in [0.29, 0.717) is 0 Å². The molecule has 2 aromatic heterocycles. The van der Waals surface area contributed by atoms with Crippen molar-refractivity contribution in [2.24, 2.45) is 7.05 Å². The number of aryl methyl sites for hydroxylation is 1. The molecule has 0 spiro atoms. The fraction of sp³-hybridized carbons (Fsp3) is 0.364. The first-order chi connectivity index (χ1) is 7.33. The molecule has 4 nitrogen and oxygen atoms in total. The van der Waals surface area contributed by atoms with E-state index in [-0.39, 0.29) is 6.04 Å². The normalized spacial score (nSPS) is 12.9. The van der Waals surface area contributed by atoms with Crippen molar-refractivity contribution < 1.29 is 4.42 Å². The zero-order chi connectivity index (χ0) is 10.7. The van der Waals surface area contributed by atoms with Crippen molar-refractivity contribution in [2.75, 3.05) is 6.54 Å².